The van der Waals surface area contributed by atoms with Gasteiger partial charge in [0, 0.05) is 10.9 Å². The fraction of sp³-hybridized carbons (Fsp3) is 0.429. The highest BCUT2D eigenvalue weighted by molar-refractivity contribution is 6.37. The van der Waals surface area contributed by atoms with E-state index in [4.69, 9.17) is 26.2 Å². The Kier molecular flexibility index (Phi) is 4.26. The summed E-state index contributed by atoms with van der Waals surface area (Å²) in [6.45, 7) is -0.523. The Morgan fingerprint density at radius 3 is 2.55 bits per heavy atom. The first kappa shape index (κ1) is 15.5. The summed E-state index contributed by atoms with van der Waals surface area (Å²) in [7, 11) is 0. The first-order valence-electron chi connectivity index (χ1n) is 6.76. The lowest BCUT2D eigenvalue weighted by Crippen LogP contribution is -2.60. The van der Waals surface area contributed by atoms with Crippen molar-refractivity contribution in [3.8, 4) is 5.88 Å². The zero-order valence-electron chi connectivity index (χ0n) is 11.4. The predicted molar refractivity (Wildman–Crippen MR) is 77.7 cm³/mol. The summed E-state index contributed by atoms with van der Waals surface area (Å²) in [5.41, 5.74) is 0.743. The van der Waals surface area contributed by atoms with Gasteiger partial charge >= 0.3 is 0 Å². The molecule has 0 aliphatic carbocycles. The smallest absolute Gasteiger partial charge is 0.231 e. The Hall–Kier alpha value is -1.35. The fourth-order valence-electron chi connectivity index (χ4n) is 2.45. The van der Waals surface area contributed by atoms with Crippen LogP contribution in [-0.2, 0) is 4.74 Å². The number of rotatable bonds is 3. The van der Waals surface area contributed by atoms with Crippen molar-refractivity contribution in [1.82, 2.24) is 4.98 Å². The van der Waals surface area contributed by atoms with E-state index in [1.807, 2.05) is 12.1 Å². The standard InChI is InChI=1S/C14H16ClNO6/c15-9-6-3-1-2-4-7(6)16-13(9)22-14-12(20)11(19)10(18)8(5-17)21-14/h1-4,8,10-12,14,16-20H,5H2/t8-,10-,11+,12-,14+/m1/s1. The van der Waals surface area contributed by atoms with Crippen LogP contribution >= 0.6 is 11.6 Å². The normalized spacial score (nSPS) is 32.3. The lowest BCUT2D eigenvalue weighted by molar-refractivity contribution is -0.278. The number of halogens is 1. The van der Waals surface area contributed by atoms with E-state index in [1.165, 1.54) is 0 Å². The Labute approximate surface area is 130 Å². The van der Waals surface area contributed by atoms with Crippen LogP contribution in [0.5, 0.6) is 5.88 Å². The molecule has 0 bridgehead atoms. The third-order valence-electron chi connectivity index (χ3n) is 3.69. The number of fused-ring (bicyclic) bond motifs is 1. The summed E-state index contributed by atoms with van der Waals surface area (Å²) in [5, 5.41) is 39.6. The van der Waals surface area contributed by atoms with Crippen molar-refractivity contribution in [3.05, 3.63) is 29.3 Å². The molecule has 0 unspecified atom stereocenters. The number of nitrogens with one attached hydrogen (secondary N) is 1. The minimum atomic E-state index is -1.50. The van der Waals surface area contributed by atoms with Crippen molar-refractivity contribution in [1.29, 1.82) is 0 Å². The molecule has 0 amide bonds. The van der Waals surface area contributed by atoms with Crippen LogP contribution in [0.2, 0.25) is 5.02 Å². The monoisotopic (exact) mass is 329 g/mol. The highest BCUT2D eigenvalue weighted by Crippen LogP contribution is 2.34. The lowest BCUT2D eigenvalue weighted by Gasteiger charge is -2.39. The second-order valence-electron chi connectivity index (χ2n) is 5.13. The highest BCUT2D eigenvalue weighted by atomic mass is 35.5. The van der Waals surface area contributed by atoms with E-state index in [9.17, 15) is 15.3 Å². The van der Waals surface area contributed by atoms with E-state index in [0.717, 1.165) is 10.9 Å². The highest BCUT2D eigenvalue weighted by Gasteiger charge is 2.45. The van der Waals surface area contributed by atoms with Gasteiger partial charge in [0.2, 0.25) is 12.2 Å². The van der Waals surface area contributed by atoms with Crippen LogP contribution in [0.15, 0.2) is 24.3 Å². The van der Waals surface area contributed by atoms with Crippen molar-refractivity contribution < 1.29 is 29.9 Å². The van der Waals surface area contributed by atoms with Crippen molar-refractivity contribution in [2.24, 2.45) is 0 Å². The van der Waals surface area contributed by atoms with Gasteiger partial charge in [-0.1, -0.05) is 29.8 Å². The molecule has 2 heterocycles. The number of para-hydroxylation sites is 1. The molecule has 1 aliphatic heterocycles. The van der Waals surface area contributed by atoms with Gasteiger partial charge in [0.1, 0.15) is 29.4 Å². The van der Waals surface area contributed by atoms with E-state index in [2.05, 4.69) is 4.98 Å². The quantitative estimate of drug-likeness (QED) is 0.541. The molecule has 120 valence electrons. The number of H-pyrrole nitrogens is 1. The van der Waals surface area contributed by atoms with Crippen LogP contribution in [-0.4, -0.2) is 62.7 Å². The van der Waals surface area contributed by atoms with Crippen LogP contribution in [0.3, 0.4) is 0 Å². The van der Waals surface area contributed by atoms with Crippen molar-refractivity contribution in [2.75, 3.05) is 6.61 Å². The van der Waals surface area contributed by atoms with Gasteiger partial charge in [-0.05, 0) is 6.07 Å². The molecule has 22 heavy (non-hydrogen) atoms. The first-order chi connectivity index (χ1) is 10.5. The van der Waals surface area contributed by atoms with Gasteiger partial charge in [-0.15, -0.1) is 0 Å². The van der Waals surface area contributed by atoms with Gasteiger partial charge in [-0.2, -0.15) is 0 Å². The van der Waals surface area contributed by atoms with Crippen molar-refractivity contribution >= 4 is 22.5 Å². The molecule has 1 saturated heterocycles. The topological polar surface area (TPSA) is 115 Å². The van der Waals surface area contributed by atoms with E-state index >= 15 is 0 Å². The Balaban J connectivity index is 1.85. The second-order valence-corrected chi connectivity index (χ2v) is 5.51. The summed E-state index contributed by atoms with van der Waals surface area (Å²) in [4.78, 5) is 2.94. The minimum absolute atomic E-state index is 0.173. The number of ether oxygens (including phenoxy) is 2. The summed E-state index contributed by atoms with van der Waals surface area (Å²) in [5.74, 6) is 0.173. The summed E-state index contributed by atoms with van der Waals surface area (Å²) >= 11 is 6.20. The van der Waals surface area contributed by atoms with Gasteiger partial charge in [0.05, 0.1) is 6.61 Å². The van der Waals surface area contributed by atoms with E-state index in [0.29, 0.717) is 5.02 Å². The third-order valence-corrected chi connectivity index (χ3v) is 4.07. The lowest BCUT2D eigenvalue weighted by atomic mass is 9.99. The molecule has 1 fully saturated rings. The molecule has 1 aromatic heterocycles. The van der Waals surface area contributed by atoms with Crippen LogP contribution in [0.4, 0.5) is 0 Å². The zero-order valence-corrected chi connectivity index (χ0v) is 12.1. The van der Waals surface area contributed by atoms with Crippen molar-refractivity contribution in [3.63, 3.8) is 0 Å². The summed E-state index contributed by atoms with van der Waals surface area (Å²) < 4.78 is 10.8. The van der Waals surface area contributed by atoms with Crippen LogP contribution < -0.4 is 4.74 Å². The number of aliphatic hydroxyl groups is 4. The molecule has 1 aromatic carbocycles. The molecule has 8 heteroatoms. The molecule has 5 atom stereocenters. The number of aromatic amines is 1. The SMILES string of the molecule is OC[C@H]1O[C@@H](Oc2[nH]c3ccccc3c2Cl)[C@H](O)[C@@H](O)[C@@H]1O. The average molecular weight is 330 g/mol. The molecule has 5 N–H and O–H groups in total. The maximum Gasteiger partial charge on any atom is 0.231 e. The second kappa shape index (κ2) is 6.04. The Morgan fingerprint density at radius 1 is 1.14 bits per heavy atom. The van der Waals surface area contributed by atoms with Gasteiger partial charge in [-0.25, -0.2) is 0 Å². The molecular weight excluding hydrogens is 314 g/mol. The Morgan fingerprint density at radius 2 is 1.86 bits per heavy atom. The number of hydrogen-bond acceptors (Lipinski definition) is 6. The van der Waals surface area contributed by atoms with Gasteiger partial charge < -0.3 is 34.9 Å². The van der Waals surface area contributed by atoms with Crippen LogP contribution in [0.25, 0.3) is 10.9 Å². The fourth-order valence-corrected chi connectivity index (χ4v) is 2.70. The third kappa shape index (κ3) is 2.56. The molecule has 1 aliphatic rings. The predicted octanol–water partition coefficient (Wildman–Crippen LogP) is -0.0000000000000000555. The first-order valence-corrected chi connectivity index (χ1v) is 7.14. The van der Waals surface area contributed by atoms with E-state index in [1.54, 1.807) is 12.1 Å². The van der Waals surface area contributed by atoms with E-state index in [-0.39, 0.29) is 5.88 Å². The van der Waals surface area contributed by atoms with Crippen molar-refractivity contribution in [2.45, 2.75) is 30.7 Å². The van der Waals surface area contributed by atoms with E-state index < -0.39 is 37.3 Å². The van der Waals surface area contributed by atoms with Gasteiger partial charge in [0.25, 0.3) is 0 Å². The molecule has 0 spiro atoms. The molecule has 2 aromatic rings. The maximum atomic E-state index is 9.95. The van der Waals surface area contributed by atoms with Crippen LogP contribution in [0.1, 0.15) is 0 Å². The van der Waals surface area contributed by atoms with Crippen LogP contribution in [0, 0.1) is 0 Å². The minimum Gasteiger partial charge on any atom is -0.445 e. The largest absolute Gasteiger partial charge is 0.445 e. The number of benzene rings is 1. The maximum absolute atomic E-state index is 9.95. The molecule has 3 rings (SSSR count). The molecule has 0 saturated carbocycles. The molecule has 7 nitrogen and oxygen atoms in total. The molecule has 0 radical (unpaired) electrons. The summed E-state index contributed by atoms with van der Waals surface area (Å²) in [6.07, 6.45) is -6.73. The number of hydrogen-bond donors (Lipinski definition) is 5. The number of aromatic nitrogens is 1. The summed E-state index contributed by atoms with van der Waals surface area (Å²) in [6, 6.07) is 7.25. The number of aliphatic hydroxyl groups excluding tert-OH is 4. The zero-order chi connectivity index (χ0) is 15.9. The Bertz CT molecular complexity index is 660. The average Bonchev–Trinajstić information content (AvgIpc) is 2.84. The van der Waals surface area contributed by atoms with Gasteiger partial charge in [0.15, 0.2) is 0 Å². The molecular formula is C14H16ClNO6. The van der Waals surface area contributed by atoms with Gasteiger partial charge in [-0.3, -0.25) is 0 Å².